The standard InChI is InChI=1S/C21H28O/c1-21(2,17-22)16-15-20(19-11-7-4-8-12-19)14-13-18-9-5-3-6-10-18/h3-12,20,22H,13-17H2,1-2H3. The van der Waals surface area contributed by atoms with E-state index in [1.807, 2.05) is 0 Å². The van der Waals surface area contributed by atoms with Crippen LogP contribution < -0.4 is 0 Å². The summed E-state index contributed by atoms with van der Waals surface area (Å²) >= 11 is 0. The van der Waals surface area contributed by atoms with Crippen molar-refractivity contribution in [2.45, 2.75) is 45.4 Å². The van der Waals surface area contributed by atoms with Crippen LogP contribution in [0.3, 0.4) is 0 Å². The van der Waals surface area contributed by atoms with Crippen molar-refractivity contribution >= 4 is 0 Å². The van der Waals surface area contributed by atoms with E-state index in [0.29, 0.717) is 5.92 Å². The molecular weight excluding hydrogens is 268 g/mol. The second-order valence-corrected chi connectivity index (χ2v) is 6.99. The van der Waals surface area contributed by atoms with E-state index in [1.54, 1.807) is 0 Å². The Hall–Kier alpha value is -1.60. The lowest BCUT2D eigenvalue weighted by Crippen LogP contribution is -2.18. The molecule has 1 atom stereocenters. The van der Waals surface area contributed by atoms with Crippen molar-refractivity contribution in [2.24, 2.45) is 5.41 Å². The molecule has 0 fully saturated rings. The number of aliphatic hydroxyl groups excluding tert-OH is 1. The third-order valence-electron chi connectivity index (χ3n) is 4.49. The average Bonchev–Trinajstić information content (AvgIpc) is 2.56. The van der Waals surface area contributed by atoms with Crippen molar-refractivity contribution in [2.75, 3.05) is 6.61 Å². The van der Waals surface area contributed by atoms with Crippen LogP contribution in [-0.4, -0.2) is 11.7 Å². The molecule has 1 N–H and O–H groups in total. The number of aliphatic hydroxyl groups is 1. The Kier molecular flexibility index (Phi) is 6.21. The second-order valence-electron chi connectivity index (χ2n) is 6.99. The minimum absolute atomic E-state index is 0.0137. The molecule has 0 spiro atoms. The van der Waals surface area contributed by atoms with Gasteiger partial charge in [-0.05, 0) is 48.1 Å². The Labute approximate surface area is 135 Å². The second kappa shape index (κ2) is 8.14. The highest BCUT2D eigenvalue weighted by atomic mass is 16.3. The van der Waals surface area contributed by atoms with Crippen LogP contribution in [0.1, 0.15) is 50.2 Å². The largest absolute Gasteiger partial charge is 0.396 e. The smallest absolute Gasteiger partial charge is 0.0482 e. The van der Waals surface area contributed by atoms with Crippen LogP contribution in [-0.2, 0) is 6.42 Å². The van der Waals surface area contributed by atoms with Gasteiger partial charge in [0.25, 0.3) is 0 Å². The zero-order valence-electron chi connectivity index (χ0n) is 13.8. The fourth-order valence-electron chi connectivity index (χ4n) is 2.83. The van der Waals surface area contributed by atoms with Gasteiger partial charge in [0.05, 0.1) is 0 Å². The molecule has 0 aromatic heterocycles. The summed E-state index contributed by atoms with van der Waals surface area (Å²) in [5.74, 6) is 0.562. The SMILES string of the molecule is CC(C)(CO)CCC(CCc1ccccc1)c1ccccc1. The van der Waals surface area contributed by atoms with E-state index in [4.69, 9.17) is 0 Å². The Balaban J connectivity index is 2.02. The van der Waals surface area contributed by atoms with Crippen LogP contribution in [0.25, 0.3) is 0 Å². The van der Waals surface area contributed by atoms with Gasteiger partial charge >= 0.3 is 0 Å². The zero-order valence-corrected chi connectivity index (χ0v) is 13.8. The lowest BCUT2D eigenvalue weighted by molar-refractivity contribution is 0.145. The van der Waals surface area contributed by atoms with Gasteiger partial charge in [-0.25, -0.2) is 0 Å². The molecule has 0 bridgehead atoms. The summed E-state index contributed by atoms with van der Waals surface area (Å²) in [5.41, 5.74) is 2.84. The van der Waals surface area contributed by atoms with Crippen LogP contribution in [0.2, 0.25) is 0 Å². The minimum Gasteiger partial charge on any atom is -0.396 e. The van der Waals surface area contributed by atoms with Crippen LogP contribution in [0.5, 0.6) is 0 Å². The van der Waals surface area contributed by atoms with Gasteiger partial charge in [-0.1, -0.05) is 74.5 Å². The van der Waals surface area contributed by atoms with E-state index in [0.717, 1.165) is 25.7 Å². The molecule has 1 heteroatoms. The van der Waals surface area contributed by atoms with Gasteiger partial charge < -0.3 is 5.11 Å². The van der Waals surface area contributed by atoms with Crippen molar-refractivity contribution in [3.05, 3.63) is 71.8 Å². The summed E-state index contributed by atoms with van der Waals surface area (Å²) < 4.78 is 0. The first-order chi connectivity index (χ1) is 10.6. The molecule has 1 unspecified atom stereocenters. The van der Waals surface area contributed by atoms with E-state index in [9.17, 15) is 5.11 Å². The first-order valence-electron chi connectivity index (χ1n) is 8.30. The summed E-state index contributed by atoms with van der Waals surface area (Å²) in [6.45, 7) is 4.55. The van der Waals surface area contributed by atoms with Gasteiger partial charge in [0.2, 0.25) is 0 Å². The fraction of sp³-hybridized carbons (Fsp3) is 0.429. The highest BCUT2D eigenvalue weighted by Crippen LogP contribution is 2.32. The molecular formula is C21H28O. The summed E-state index contributed by atoms with van der Waals surface area (Å²) in [6.07, 6.45) is 4.46. The summed E-state index contributed by atoms with van der Waals surface area (Å²) in [4.78, 5) is 0. The van der Waals surface area contributed by atoms with Gasteiger partial charge in [-0.2, -0.15) is 0 Å². The van der Waals surface area contributed by atoms with Crippen molar-refractivity contribution in [1.82, 2.24) is 0 Å². The zero-order chi connectivity index (χ0) is 15.8. The van der Waals surface area contributed by atoms with Crippen LogP contribution in [0, 0.1) is 5.41 Å². The van der Waals surface area contributed by atoms with E-state index in [-0.39, 0.29) is 12.0 Å². The molecule has 1 nitrogen and oxygen atoms in total. The predicted octanol–water partition coefficient (Wildman–Crippen LogP) is 5.20. The van der Waals surface area contributed by atoms with E-state index in [2.05, 4.69) is 74.5 Å². The normalized spacial score (nSPS) is 13.0. The van der Waals surface area contributed by atoms with Crippen LogP contribution in [0.4, 0.5) is 0 Å². The molecule has 0 heterocycles. The maximum absolute atomic E-state index is 9.49. The molecule has 2 aromatic carbocycles. The molecule has 0 aliphatic carbocycles. The third-order valence-corrected chi connectivity index (χ3v) is 4.49. The van der Waals surface area contributed by atoms with Gasteiger partial charge in [0.15, 0.2) is 0 Å². The molecule has 0 saturated carbocycles. The number of benzene rings is 2. The molecule has 22 heavy (non-hydrogen) atoms. The lowest BCUT2D eigenvalue weighted by atomic mass is 9.81. The Morgan fingerprint density at radius 2 is 1.45 bits per heavy atom. The van der Waals surface area contributed by atoms with E-state index in [1.165, 1.54) is 11.1 Å². The van der Waals surface area contributed by atoms with E-state index >= 15 is 0 Å². The maximum atomic E-state index is 9.49. The Morgan fingerprint density at radius 1 is 0.864 bits per heavy atom. The summed E-state index contributed by atoms with van der Waals surface area (Å²) in [6, 6.07) is 21.5. The molecule has 2 aromatic rings. The minimum atomic E-state index is 0.0137. The third kappa shape index (κ3) is 5.31. The molecule has 0 aliphatic heterocycles. The van der Waals surface area contributed by atoms with Crippen LogP contribution in [0.15, 0.2) is 60.7 Å². The number of rotatable bonds is 8. The Morgan fingerprint density at radius 3 is 2.05 bits per heavy atom. The first-order valence-corrected chi connectivity index (χ1v) is 8.30. The average molecular weight is 296 g/mol. The van der Waals surface area contributed by atoms with Gasteiger partial charge in [-0.15, -0.1) is 0 Å². The Bertz CT molecular complexity index is 530. The number of aryl methyl sites for hydroxylation is 1. The monoisotopic (exact) mass is 296 g/mol. The highest BCUT2D eigenvalue weighted by molar-refractivity contribution is 5.21. The van der Waals surface area contributed by atoms with Crippen molar-refractivity contribution in [3.63, 3.8) is 0 Å². The van der Waals surface area contributed by atoms with Crippen molar-refractivity contribution in [3.8, 4) is 0 Å². The molecule has 118 valence electrons. The topological polar surface area (TPSA) is 20.2 Å². The molecule has 0 aliphatic rings. The molecule has 0 amide bonds. The molecule has 0 radical (unpaired) electrons. The quantitative estimate of drug-likeness (QED) is 0.709. The van der Waals surface area contributed by atoms with Crippen LogP contribution >= 0.6 is 0 Å². The van der Waals surface area contributed by atoms with Gasteiger partial charge in [0, 0.05) is 6.61 Å². The van der Waals surface area contributed by atoms with E-state index < -0.39 is 0 Å². The maximum Gasteiger partial charge on any atom is 0.0482 e. The molecule has 0 saturated heterocycles. The fourth-order valence-corrected chi connectivity index (χ4v) is 2.83. The van der Waals surface area contributed by atoms with Crippen molar-refractivity contribution < 1.29 is 5.11 Å². The predicted molar refractivity (Wildman–Crippen MR) is 94.0 cm³/mol. The van der Waals surface area contributed by atoms with Gasteiger partial charge in [0.1, 0.15) is 0 Å². The summed E-state index contributed by atoms with van der Waals surface area (Å²) in [5, 5.41) is 9.49. The highest BCUT2D eigenvalue weighted by Gasteiger charge is 2.20. The van der Waals surface area contributed by atoms with Crippen molar-refractivity contribution in [1.29, 1.82) is 0 Å². The van der Waals surface area contributed by atoms with Gasteiger partial charge in [-0.3, -0.25) is 0 Å². The molecule has 2 rings (SSSR count). The summed E-state index contributed by atoms with van der Waals surface area (Å²) in [7, 11) is 0. The number of hydrogen-bond donors (Lipinski definition) is 1. The first kappa shape index (κ1) is 16.8. The lowest BCUT2D eigenvalue weighted by Gasteiger charge is -2.25. The number of hydrogen-bond acceptors (Lipinski definition) is 1.